The summed E-state index contributed by atoms with van der Waals surface area (Å²) in [6.45, 7) is 15.3. The van der Waals surface area contributed by atoms with Crippen LogP contribution in [0.2, 0.25) is 0 Å². The van der Waals surface area contributed by atoms with E-state index in [4.69, 9.17) is 0 Å². The number of benzene rings is 3. The summed E-state index contributed by atoms with van der Waals surface area (Å²) in [6.07, 6.45) is 0. The van der Waals surface area contributed by atoms with Crippen LogP contribution >= 0.6 is 7.14 Å². The molecule has 3 aromatic carbocycles. The van der Waals surface area contributed by atoms with Gasteiger partial charge in [-0.15, -0.1) is 0 Å². The molecule has 0 aliphatic carbocycles. The lowest BCUT2D eigenvalue weighted by atomic mass is 9.95. The Labute approximate surface area is 191 Å². The molecule has 3 nitrogen and oxygen atoms in total. The number of hydrogen-bond acceptors (Lipinski definition) is 3. The molecule has 4 heteroatoms. The Bertz CT molecular complexity index is 1270. The summed E-state index contributed by atoms with van der Waals surface area (Å²) in [5, 5.41) is 0.282. The molecule has 0 saturated heterocycles. The first-order chi connectivity index (χ1) is 14.9. The molecule has 1 atom stereocenters. The van der Waals surface area contributed by atoms with Gasteiger partial charge >= 0.3 is 0 Å². The van der Waals surface area contributed by atoms with Crippen LogP contribution in [0.1, 0.15) is 65.2 Å². The van der Waals surface area contributed by atoms with Crippen LogP contribution in [0.5, 0.6) is 0 Å². The van der Waals surface area contributed by atoms with Crippen LogP contribution in [0.15, 0.2) is 42.5 Å². The van der Waals surface area contributed by atoms with Crippen molar-refractivity contribution in [1.29, 1.82) is 0 Å². The SMILES string of the molecule is Cc1cc(C)c(C(=O)P(=O)(C(=O)c2c(C)c(C)cc(C)c2C)c2ccccc2)c(C)c1C. The lowest BCUT2D eigenvalue weighted by Gasteiger charge is -2.23. The number of carbonyl (C=O) groups excluding carboxylic acids is 2. The van der Waals surface area contributed by atoms with E-state index >= 15 is 0 Å². The second-order valence-corrected chi connectivity index (χ2v) is 11.4. The predicted octanol–water partition coefficient (Wildman–Crippen LogP) is 6.82. The van der Waals surface area contributed by atoms with Crippen molar-refractivity contribution in [2.45, 2.75) is 55.4 Å². The van der Waals surface area contributed by atoms with Crippen LogP contribution in [0.4, 0.5) is 0 Å². The predicted molar refractivity (Wildman–Crippen MR) is 133 cm³/mol. The fourth-order valence-corrected chi connectivity index (χ4v) is 6.99. The van der Waals surface area contributed by atoms with Crippen molar-refractivity contribution < 1.29 is 14.2 Å². The molecule has 32 heavy (non-hydrogen) atoms. The summed E-state index contributed by atoms with van der Waals surface area (Å²) in [4.78, 5) is 28.2. The molecule has 0 heterocycles. The first kappa shape index (κ1) is 23.9. The minimum absolute atomic E-state index is 0.282. The molecule has 0 bridgehead atoms. The summed E-state index contributed by atoms with van der Waals surface area (Å²) >= 11 is 0. The molecular formula is C28H31O3P. The zero-order chi connectivity index (χ0) is 24.0. The molecule has 0 amide bonds. The van der Waals surface area contributed by atoms with Gasteiger partial charge in [0.1, 0.15) is 0 Å². The van der Waals surface area contributed by atoms with Crippen LogP contribution in [0.3, 0.4) is 0 Å². The van der Waals surface area contributed by atoms with Gasteiger partial charge in [0.2, 0.25) is 18.2 Å². The van der Waals surface area contributed by atoms with Gasteiger partial charge in [-0.05, 0) is 99.9 Å². The van der Waals surface area contributed by atoms with Gasteiger partial charge in [0.05, 0.1) is 0 Å². The van der Waals surface area contributed by atoms with Crippen molar-refractivity contribution in [1.82, 2.24) is 0 Å². The van der Waals surface area contributed by atoms with Gasteiger partial charge in [-0.1, -0.05) is 42.5 Å². The molecule has 3 rings (SSSR count). The summed E-state index contributed by atoms with van der Waals surface area (Å²) in [5.41, 5.74) is 6.66. The first-order valence-corrected chi connectivity index (χ1v) is 12.5. The van der Waals surface area contributed by atoms with Crippen LogP contribution < -0.4 is 5.30 Å². The summed E-state index contributed by atoms with van der Waals surface area (Å²) in [7, 11) is -4.16. The normalized spacial score (nSPS) is 13.0. The highest BCUT2D eigenvalue weighted by atomic mass is 31.2. The van der Waals surface area contributed by atoms with Gasteiger partial charge in [0.15, 0.2) is 0 Å². The number of rotatable bonds is 5. The molecule has 0 fully saturated rings. The molecule has 0 radical (unpaired) electrons. The maximum atomic E-state index is 14.7. The van der Waals surface area contributed by atoms with Gasteiger partial charge in [-0.2, -0.15) is 0 Å². The maximum absolute atomic E-state index is 14.7. The van der Waals surface area contributed by atoms with Crippen LogP contribution in [0, 0.1) is 55.4 Å². The van der Waals surface area contributed by atoms with Gasteiger partial charge in [-0.25, -0.2) is 0 Å². The summed E-state index contributed by atoms with van der Waals surface area (Å²) < 4.78 is 14.7. The maximum Gasteiger partial charge on any atom is 0.248 e. The first-order valence-electron chi connectivity index (χ1n) is 10.8. The zero-order valence-electron chi connectivity index (χ0n) is 20.2. The Balaban J connectivity index is 2.38. The van der Waals surface area contributed by atoms with E-state index in [-0.39, 0.29) is 5.30 Å². The molecule has 0 saturated carbocycles. The molecule has 0 spiro atoms. The monoisotopic (exact) mass is 446 g/mol. The topological polar surface area (TPSA) is 51.2 Å². The third-order valence-corrected chi connectivity index (χ3v) is 9.46. The largest absolute Gasteiger partial charge is 0.302 e. The van der Waals surface area contributed by atoms with E-state index in [9.17, 15) is 14.2 Å². The number of carbonyl (C=O) groups is 2. The molecule has 0 aliphatic rings. The van der Waals surface area contributed by atoms with Crippen molar-refractivity contribution in [2.75, 3.05) is 0 Å². The highest BCUT2D eigenvalue weighted by molar-refractivity contribution is 8.01. The standard InChI is InChI=1S/C28H31O3P/c1-16-15-19(4)25(23(8)20(16)5)27(29)32(31,24-12-10-9-11-13-24)28(30)26-21(6)17(2)14-18(3)22(26)7/h9-15H,1-8H3. The van der Waals surface area contributed by atoms with Gasteiger partial charge in [0.25, 0.3) is 0 Å². The number of aryl methyl sites for hydroxylation is 4. The lowest BCUT2D eigenvalue weighted by Crippen LogP contribution is -2.23. The van der Waals surface area contributed by atoms with Crippen molar-refractivity contribution in [3.8, 4) is 0 Å². The highest BCUT2D eigenvalue weighted by Gasteiger charge is 2.45. The minimum atomic E-state index is -4.16. The summed E-state index contributed by atoms with van der Waals surface area (Å²) in [5.74, 6) is 0. The van der Waals surface area contributed by atoms with E-state index in [1.165, 1.54) is 0 Å². The van der Waals surface area contributed by atoms with Crippen molar-refractivity contribution >= 4 is 23.5 Å². The van der Waals surface area contributed by atoms with E-state index in [1.807, 2.05) is 67.5 Å². The molecule has 0 aromatic heterocycles. The van der Waals surface area contributed by atoms with Gasteiger partial charge in [0, 0.05) is 16.4 Å². The van der Waals surface area contributed by atoms with E-state index in [0.717, 1.165) is 44.5 Å². The highest BCUT2D eigenvalue weighted by Crippen LogP contribution is 2.53. The Morgan fingerprint density at radius 2 is 1.00 bits per heavy atom. The average Bonchev–Trinajstić information content (AvgIpc) is 2.76. The van der Waals surface area contributed by atoms with Crippen molar-refractivity contribution in [3.63, 3.8) is 0 Å². The molecule has 0 N–H and O–H groups in total. The van der Waals surface area contributed by atoms with Crippen LogP contribution in [0.25, 0.3) is 0 Å². The molecule has 3 aromatic rings. The molecule has 1 unspecified atom stereocenters. The van der Waals surface area contributed by atoms with Crippen molar-refractivity contribution in [2.24, 2.45) is 0 Å². The van der Waals surface area contributed by atoms with E-state index in [2.05, 4.69) is 0 Å². The Morgan fingerprint density at radius 1 is 0.562 bits per heavy atom. The summed E-state index contributed by atoms with van der Waals surface area (Å²) in [6, 6.07) is 12.5. The molecule has 0 aliphatic heterocycles. The van der Waals surface area contributed by atoms with Crippen molar-refractivity contribution in [3.05, 3.63) is 98.1 Å². The fourth-order valence-electron chi connectivity index (χ4n) is 4.43. The second-order valence-electron chi connectivity index (χ2n) is 8.83. The molecular weight excluding hydrogens is 415 g/mol. The van der Waals surface area contributed by atoms with E-state index in [0.29, 0.717) is 11.1 Å². The average molecular weight is 447 g/mol. The van der Waals surface area contributed by atoms with Gasteiger partial charge < -0.3 is 4.57 Å². The quantitative estimate of drug-likeness (QED) is 0.404. The van der Waals surface area contributed by atoms with E-state index in [1.54, 1.807) is 30.3 Å². The second kappa shape index (κ2) is 8.64. The zero-order valence-corrected chi connectivity index (χ0v) is 21.1. The minimum Gasteiger partial charge on any atom is -0.302 e. The Morgan fingerprint density at radius 3 is 1.53 bits per heavy atom. The van der Waals surface area contributed by atoms with Crippen LogP contribution in [-0.4, -0.2) is 11.0 Å². The third-order valence-electron chi connectivity index (χ3n) is 6.84. The molecule has 166 valence electrons. The van der Waals surface area contributed by atoms with E-state index < -0.39 is 18.2 Å². The lowest BCUT2D eigenvalue weighted by molar-refractivity contribution is 0.104. The smallest absolute Gasteiger partial charge is 0.248 e. The number of hydrogen-bond donors (Lipinski definition) is 0. The Hall–Kier alpha value is -2.77. The Kier molecular flexibility index (Phi) is 6.45. The van der Waals surface area contributed by atoms with Gasteiger partial charge in [-0.3, -0.25) is 9.59 Å². The fraction of sp³-hybridized carbons (Fsp3) is 0.286. The third kappa shape index (κ3) is 3.69. The van der Waals surface area contributed by atoms with Crippen LogP contribution in [-0.2, 0) is 4.57 Å².